The van der Waals surface area contributed by atoms with E-state index < -0.39 is 6.61 Å². The van der Waals surface area contributed by atoms with Crippen LogP contribution in [0.1, 0.15) is 32.9 Å². The zero-order chi connectivity index (χ0) is 21.1. The molecule has 0 bridgehead atoms. The molecule has 0 radical (unpaired) electrons. The van der Waals surface area contributed by atoms with Gasteiger partial charge in [-0.2, -0.15) is 13.9 Å². The van der Waals surface area contributed by atoms with Crippen LogP contribution in [-0.4, -0.2) is 22.3 Å². The molecule has 0 unspecified atom stereocenters. The molecule has 1 amide bonds. The van der Waals surface area contributed by atoms with E-state index in [9.17, 15) is 13.6 Å². The monoisotopic (exact) mass is 419 g/mol. The number of hydrogen-bond acceptors (Lipinski definition) is 3. The van der Waals surface area contributed by atoms with E-state index in [4.69, 9.17) is 11.6 Å². The Labute approximate surface area is 172 Å². The van der Waals surface area contributed by atoms with E-state index in [1.54, 1.807) is 11.6 Å². The van der Waals surface area contributed by atoms with Crippen molar-refractivity contribution in [1.29, 1.82) is 0 Å². The van der Waals surface area contributed by atoms with Gasteiger partial charge in [0.25, 0.3) is 5.91 Å². The summed E-state index contributed by atoms with van der Waals surface area (Å²) in [5.74, 6) is -0.508. The molecule has 0 saturated carbocycles. The Morgan fingerprint density at radius 2 is 1.86 bits per heavy atom. The maximum absolute atomic E-state index is 12.8. The van der Waals surface area contributed by atoms with Gasteiger partial charge in [0.2, 0.25) is 0 Å². The van der Waals surface area contributed by atoms with Crippen LogP contribution in [0.3, 0.4) is 0 Å². The van der Waals surface area contributed by atoms with Crippen molar-refractivity contribution in [1.82, 2.24) is 9.78 Å². The van der Waals surface area contributed by atoms with Crippen molar-refractivity contribution >= 4 is 23.2 Å². The zero-order valence-electron chi connectivity index (χ0n) is 16.2. The van der Waals surface area contributed by atoms with Crippen LogP contribution in [0.5, 0.6) is 5.75 Å². The largest absolute Gasteiger partial charge is 0.433 e. The summed E-state index contributed by atoms with van der Waals surface area (Å²) in [4.78, 5) is 12.8. The lowest BCUT2D eigenvalue weighted by molar-refractivity contribution is -0.0497. The summed E-state index contributed by atoms with van der Waals surface area (Å²) < 4.78 is 30.8. The second-order valence-electron chi connectivity index (χ2n) is 6.67. The standard InChI is InChI=1S/C21H20ClF2N3O2/c1-12-4-6-15(7-5-12)11-27-14(3)19(13(2)26-27)20(28)25-16-8-9-18(17(22)10-16)29-21(23)24/h4-10,21H,11H2,1-3H3,(H,25,28). The number of nitrogens with one attached hydrogen (secondary N) is 1. The van der Waals surface area contributed by atoms with Crippen molar-refractivity contribution in [3.63, 3.8) is 0 Å². The highest BCUT2D eigenvalue weighted by Crippen LogP contribution is 2.29. The Hall–Kier alpha value is -2.93. The van der Waals surface area contributed by atoms with Gasteiger partial charge in [-0.25, -0.2) is 0 Å². The maximum Gasteiger partial charge on any atom is 0.387 e. The molecule has 0 aliphatic rings. The van der Waals surface area contributed by atoms with Crippen LogP contribution in [0.2, 0.25) is 5.02 Å². The zero-order valence-corrected chi connectivity index (χ0v) is 16.9. The van der Waals surface area contributed by atoms with E-state index in [-0.39, 0.29) is 16.7 Å². The summed E-state index contributed by atoms with van der Waals surface area (Å²) in [6.45, 7) is 3.19. The molecule has 29 heavy (non-hydrogen) atoms. The Bertz CT molecular complexity index is 1030. The summed E-state index contributed by atoms with van der Waals surface area (Å²) in [6, 6.07) is 12.2. The highest BCUT2D eigenvalue weighted by atomic mass is 35.5. The number of nitrogens with zero attached hydrogens (tertiary/aromatic N) is 2. The smallest absolute Gasteiger partial charge is 0.387 e. The van der Waals surface area contributed by atoms with E-state index >= 15 is 0 Å². The van der Waals surface area contributed by atoms with Gasteiger partial charge >= 0.3 is 6.61 Å². The highest BCUT2D eigenvalue weighted by Gasteiger charge is 2.19. The molecule has 8 heteroatoms. The van der Waals surface area contributed by atoms with Crippen molar-refractivity contribution in [3.05, 3.63) is 75.6 Å². The fourth-order valence-electron chi connectivity index (χ4n) is 3.01. The highest BCUT2D eigenvalue weighted by molar-refractivity contribution is 6.32. The van der Waals surface area contributed by atoms with Gasteiger partial charge in [-0.15, -0.1) is 0 Å². The molecule has 1 aromatic heterocycles. The average molecular weight is 420 g/mol. The molecule has 1 N–H and O–H groups in total. The number of rotatable bonds is 6. The predicted molar refractivity (Wildman–Crippen MR) is 108 cm³/mol. The second-order valence-corrected chi connectivity index (χ2v) is 7.07. The molecular weight excluding hydrogens is 400 g/mol. The first-order valence-electron chi connectivity index (χ1n) is 8.90. The van der Waals surface area contributed by atoms with Crippen LogP contribution in [0.25, 0.3) is 0 Å². The van der Waals surface area contributed by atoms with E-state index in [1.165, 1.54) is 23.8 Å². The van der Waals surface area contributed by atoms with Crippen LogP contribution in [0.4, 0.5) is 14.5 Å². The van der Waals surface area contributed by atoms with E-state index in [2.05, 4.69) is 15.2 Å². The number of amides is 1. The summed E-state index contributed by atoms with van der Waals surface area (Å²) in [6.07, 6.45) is 0. The number of carbonyl (C=O) groups excluding carboxylic acids is 1. The number of alkyl halides is 2. The van der Waals surface area contributed by atoms with Crippen LogP contribution in [0.15, 0.2) is 42.5 Å². The minimum atomic E-state index is -2.97. The lowest BCUT2D eigenvalue weighted by atomic mass is 10.1. The number of anilines is 1. The predicted octanol–water partition coefficient (Wildman–Crippen LogP) is 5.36. The lowest BCUT2D eigenvalue weighted by Gasteiger charge is -2.10. The Morgan fingerprint density at radius 3 is 2.48 bits per heavy atom. The maximum atomic E-state index is 12.8. The SMILES string of the molecule is Cc1ccc(Cn2nc(C)c(C(=O)Nc3ccc(OC(F)F)c(Cl)c3)c2C)cc1. The average Bonchev–Trinajstić information content (AvgIpc) is 2.92. The van der Waals surface area contributed by atoms with Gasteiger partial charge in [0.1, 0.15) is 5.75 Å². The van der Waals surface area contributed by atoms with E-state index in [1.807, 2.05) is 38.1 Å². The minimum absolute atomic E-state index is 0.0217. The molecular formula is C21H20ClF2N3O2. The third-order valence-corrected chi connectivity index (χ3v) is 4.76. The van der Waals surface area contributed by atoms with Crippen LogP contribution < -0.4 is 10.1 Å². The van der Waals surface area contributed by atoms with Crippen molar-refractivity contribution in [2.45, 2.75) is 33.9 Å². The minimum Gasteiger partial charge on any atom is -0.433 e. The van der Waals surface area contributed by atoms with Gasteiger partial charge in [0.15, 0.2) is 0 Å². The number of carbonyl (C=O) groups is 1. The number of halogens is 3. The Kier molecular flexibility index (Phi) is 6.17. The Morgan fingerprint density at radius 1 is 1.17 bits per heavy atom. The summed E-state index contributed by atoms with van der Waals surface area (Å²) in [5.41, 5.74) is 4.40. The van der Waals surface area contributed by atoms with E-state index in [0.29, 0.717) is 23.5 Å². The fourth-order valence-corrected chi connectivity index (χ4v) is 3.23. The third kappa shape index (κ3) is 4.92. The van der Waals surface area contributed by atoms with Gasteiger partial charge in [-0.05, 0) is 44.5 Å². The van der Waals surface area contributed by atoms with Gasteiger partial charge in [0, 0.05) is 11.4 Å². The molecule has 1 heterocycles. The molecule has 0 atom stereocenters. The van der Waals surface area contributed by atoms with Gasteiger partial charge < -0.3 is 10.1 Å². The second kappa shape index (κ2) is 8.61. The molecule has 3 aromatic rings. The first-order chi connectivity index (χ1) is 13.7. The van der Waals surface area contributed by atoms with Crippen molar-refractivity contribution in [2.24, 2.45) is 0 Å². The molecule has 152 valence electrons. The normalized spacial score (nSPS) is 11.0. The molecule has 2 aromatic carbocycles. The fraction of sp³-hybridized carbons (Fsp3) is 0.238. The molecule has 5 nitrogen and oxygen atoms in total. The number of aryl methyl sites for hydroxylation is 2. The first kappa shape index (κ1) is 20.8. The van der Waals surface area contributed by atoms with Crippen LogP contribution in [-0.2, 0) is 6.54 Å². The summed E-state index contributed by atoms with van der Waals surface area (Å²) in [5, 5.41) is 7.19. The third-order valence-electron chi connectivity index (χ3n) is 4.47. The van der Waals surface area contributed by atoms with E-state index in [0.717, 1.165) is 11.3 Å². The van der Waals surface area contributed by atoms with Gasteiger partial charge in [-0.1, -0.05) is 41.4 Å². The van der Waals surface area contributed by atoms with Gasteiger partial charge in [-0.3, -0.25) is 9.48 Å². The topological polar surface area (TPSA) is 56.2 Å². The Balaban J connectivity index is 1.78. The lowest BCUT2D eigenvalue weighted by Crippen LogP contribution is -2.14. The summed E-state index contributed by atoms with van der Waals surface area (Å²) >= 11 is 5.94. The number of ether oxygens (including phenoxy) is 1. The van der Waals surface area contributed by atoms with Gasteiger partial charge in [0.05, 0.1) is 22.8 Å². The van der Waals surface area contributed by atoms with Crippen LogP contribution >= 0.6 is 11.6 Å². The quantitative estimate of drug-likeness (QED) is 0.584. The first-order valence-corrected chi connectivity index (χ1v) is 9.27. The molecule has 0 aliphatic heterocycles. The van der Waals surface area contributed by atoms with Crippen LogP contribution in [0, 0.1) is 20.8 Å². The summed E-state index contributed by atoms with van der Waals surface area (Å²) in [7, 11) is 0. The number of aromatic nitrogens is 2. The number of hydrogen-bond donors (Lipinski definition) is 1. The molecule has 0 fully saturated rings. The molecule has 3 rings (SSSR count). The molecule has 0 spiro atoms. The van der Waals surface area contributed by atoms with Crippen molar-refractivity contribution in [3.8, 4) is 5.75 Å². The number of benzene rings is 2. The molecule has 0 saturated heterocycles. The van der Waals surface area contributed by atoms with Crippen molar-refractivity contribution in [2.75, 3.05) is 5.32 Å². The van der Waals surface area contributed by atoms with Crippen molar-refractivity contribution < 1.29 is 18.3 Å². The molecule has 0 aliphatic carbocycles.